The number of aliphatic hydroxyl groups is 1. The van der Waals surface area contributed by atoms with Crippen LogP contribution in [-0.2, 0) is 11.3 Å². The van der Waals surface area contributed by atoms with Crippen LogP contribution in [0, 0.1) is 11.8 Å². The van der Waals surface area contributed by atoms with Crippen molar-refractivity contribution in [2.24, 2.45) is 11.8 Å². The molecule has 1 aromatic heterocycles. The lowest BCUT2D eigenvalue weighted by atomic mass is 9.79. The summed E-state index contributed by atoms with van der Waals surface area (Å²) in [6, 6.07) is 0.497. The quantitative estimate of drug-likeness (QED) is 0.737. The van der Waals surface area contributed by atoms with E-state index in [4.69, 9.17) is 5.11 Å². The second-order valence-corrected chi connectivity index (χ2v) is 6.11. The number of aliphatic hydroxyl groups excluding tert-OH is 1. The number of anilines is 1. The lowest BCUT2D eigenvalue weighted by Gasteiger charge is -2.32. The molecule has 2 rings (SSSR count). The summed E-state index contributed by atoms with van der Waals surface area (Å²) in [5.74, 6) is 1.41. The average Bonchev–Trinajstić information content (AvgIpc) is 2.88. The fourth-order valence-corrected chi connectivity index (χ4v) is 2.84. The summed E-state index contributed by atoms with van der Waals surface area (Å²) in [5.41, 5.74) is 0.969. The highest BCUT2D eigenvalue weighted by Gasteiger charge is 2.24. The maximum atomic E-state index is 11.5. The van der Waals surface area contributed by atoms with Gasteiger partial charge in [-0.05, 0) is 31.1 Å². The van der Waals surface area contributed by atoms with Crippen molar-refractivity contribution in [1.29, 1.82) is 0 Å². The molecule has 0 unspecified atom stereocenters. The van der Waals surface area contributed by atoms with E-state index in [9.17, 15) is 4.79 Å². The normalized spacial score (nSPS) is 25.6. The Bertz CT molecular complexity index is 460. The zero-order valence-electron chi connectivity index (χ0n) is 12.9. The Kier molecular flexibility index (Phi) is 5.61. The van der Waals surface area contributed by atoms with Gasteiger partial charge in [-0.25, -0.2) is 0 Å². The number of amides is 1. The minimum atomic E-state index is -0.140. The van der Waals surface area contributed by atoms with Gasteiger partial charge in [0, 0.05) is 18.8 Å². The molecule has 1 aliphatic carbocycles. The standard InChI is InChI=1S/C15H26N4O2/c1-11-3-4-13(7-12(11)2)18-14-8-17-19(9-14)10-15(21)16-5-6-20/h8-9,11-13,18,20H,3-7,10H2,1-2H3,(H,16,21)/t11-,12+,13-/m1/s1. The van der Waals surface area contributed by atoms with Gasteiger partial charge in [-0.3, -0.25) is 9.48 Å². The highest BCUT2D eigenvalue weighted by atomic mass is 16.3. The molecular weight excluding hydrogens is 268 g/mol. The third kappa shape index (κ3) is 4.74. The van der Waals surface area contributed by atoms with E-state index in [0.29, 0.717) is 6.04 Å². The molecule has 1 amide bonds. The molecule has 21 heavy (non-hydrogen) atoms. The van der Waals surface area contributed by atoms with Crippen molar-refractivity contribution in [3.05, 3.63) is 12.4 Å². The monoisotopic (exact) mass is 294 g/mol. The highest BCUT2D eigenvalue weighted by Crippen LogP contribution is 2.30. The van der Waals surface area contributed by atoms with E-state index < -0.39 is 0 Å². The molecule has 1 saturated carbocycles. The Balaban J connectivity index is 1.81. The van der Waals surface area contributed by atoms with E-state index >= 15 is 0 Å². The van der Waals surface area contributed by atoms with E-state index in [1.807, 2.05) is 6.20 Å². The van der Waals surface area contributed by atoms with Gasteiger partial charge in [-0.1, -0.05) is 13.8 Å². The van der Waals surface area contributed by atoms with Crippen molar-refractivity contribution < 1.29 is 9.90 Å². The SMILES string of the molecule is C[C@@H]1CC[C@@H](Nc2cnn(CC(=O)NCCO)c2)C[C@@H]1C. The van der Waals surface area contributed by atoms with Gasteiger partial charge in [0.25, 0.3) is 0 Å². The lowest BCUT2D eigenvalue weighted by molar-refractivity contribution is -0.122. The van der Waals surface area contributed by atoms with Gasteiger partial charge >= 0.3 is 0 Å². The van der Waals surface area contributed by atoms with Gasteiger partial charge < -0.3 is 15.7 Å². The molecule has 1 aromatic rings. The Morgan fingerprint density at radius 2 is 2.24 bits per heavy atom. The second-order valence-electron chi connectivity index (χ2n) is 6.11. The molecule has 0 aliphatic heterocycles. The Hall–Kier alpha value is -1.56. The number of hydrogen-bond donors (Lipinski definition) is 3. The number of nitrogens with one attached hydrogen (secondary N) is 2. The van der Waals surface area contributed by atoms with Crippen LogP contribution < -0.4 is 10.6 Å². The summed E-state index contributed by atoms with van der Waals surface area (Å²) >= 11 is 0. The Labute approximate surface area is 125 Å². The van der Waals surface area contributed by atoms with Gasteiger partial charge in [-0.2, -0.15) is 5.10 Å². The first kappa shape index (κ1) is 15.8. The van der Waals surface area contributed by atoms with E-state index in [2.05, 4.69) is 29.6 Å². The number of nitrogens with zero attached hydrogens (tertiary/aromatic N) is 2. The predicted octanol–water partition coefficient (Wildman–Crippen LogP) is 1.23. The first-order valence-corrected chi connectivity index (χ1v) is 7.75. The van der Waals surface area contributed by atoms with Crippen molar-refractivity contribution in [3.8, 4) is 0 Å². The second kappa shape index (κ2) is 7.45. The summed E-state index contributed by atoms with van der Waals surface area (Å²) < 4.78 is 1.62. The highest BCUT2D eigenvalue weighted by molar-refractivity contribution is 5.75. The lowest BCUT2D eigenvalue weighted by Crippen LogP contribution is -2.30. The molecule has 1 fully saturated rings. The summed E-state index contributed by atoms with van der Waals surface area (Å²) in [5, 5.41) is 19.0. The van der Waals surface area contributed by atoms with Crippen molar-refractivity contribution in [2.45, 2.75) is 45.7 Å². The minimum absolute atomic E-state index is 0.0457. The maximum Gasteiger partial charge on any atom is 0.241 e. The first-order valence-electron chi connectivity index (χ1n) is 7.75. The average molecular weight is 294 g/mol. The summed E-state index contributed by atoms with van der Waals surface area (Å²) in [7, 11) is 0. The molecule has 0 spiro atoms. The first-order chi connectivity index (χ1) is 10.1. The van der Waals surface area contributed by atoms with Gasteiger partial charge in [-0.15, -0.1) is 0 Å². The minimum Gasteiger partial charge on any atom is -0.395 e. The third-order valence-corrected chi connectivity index (χ3v) is 4.34. The molecule has 6 nitrogen and oxygen atoms in total. The summed E-state index contributed by atoms with van der Waals surface area (Å²) in [4.78, 5) is 11.5. The Morgan fingerprint density at radius 3 is 2.95 bits per heavy atom. The van der Waals surface area contributed by atoms with Crippen molar-refractivity contribution in [3.63, 3.8) is 0 Å². The fourth-order valence-electron chi connectivity index (χ4n) is 2.84. The summed E-state index contributed by atoms with van der Waals surface area (Å²) in [6.07, 6.45) is 7.26. The predicted molar refractivity (Wildman–Crippen MR) is 81.9 cm³/mol. The zero-order chi connectivity index (χ0) is 15.2. The molecular formula is C15H26N4O2. The molecule has 1 aliphatic rings. The van der Waals surface area contributed by atoms with Crippen LogP contribution in [0.2, 0.25) is 0 Å². The van der Waals surface area contributed by atoms with Crippen LogP contribution in [0.4, 0.5) is 5.69 Å². The topological polar surface area (TPSA) is 79.2 Å². The van der Waals surface area contributed by atoms with Crippen LogP contribution in [-0.4, -0.2) is 40.0 Å². The van der Waals surface area contributed by atoms with Gasteiger partial charge in [0.15, 0.2) is 0 Å². The van der Waals surface area contributed by atoms with E-state index in [1.54, 1.807) is 10.9 Å². The van der Waals surface area contributed by atoms with E-state index in [0.717, 1.165) is 17.5 Å². The number of hydrogen-bond acceptors (Lipinski definition) is 4. The van der Waals surface area contributed by atoms with Crippen molar-refractivity contribution in [1.82, 2.24) is 15.1 Å². The van der Waals surface area contributed by atoms with Crippen LogP contribution >= 0.6 is 0 Å². The Morgan fingerprint density at radius 1 is 1.43 bits per heavy atom. The van der Waals surface area contributed by atoms with Gasteiger partial charge in [0.05, 0.1) is 18.5 Å². The maximum absolute atomic E-state index is 11.5. The molecule has 1 heterocycles. The van der Waals surface area contributed by atoms with Crippen LogP contribution in [0.5, 0.6) is 0 Å². The van der Waals surface area contributed by atoms with Crippen molar-refractivity contribution in [2.75, 3.05) is 18.5 Å². The number of carbonyl (C=O) groups excluding carboxylic acids is 1. The third-order valence-electron chi connectivity index (χ3n) is 4.34. The van der Waals surface area contributed by atoms with Crippen LogP contribution in [0.15, 0.2) is 12.4 Å². The molecule has 3 N–H and O–H groups in total. The molecule has 0 saturated heterocycles. The fraction of sp³-hybridized carbons (Fsp3) is 0.733. The molecule has 3 atom stereocenters. The smallest absolute Gasteiger partial charge is 0.241 e. The van der Waals surface area contributed by atoms with E-state index in [-0.39, 0.29) is 25.6 Å². The van der Waals surface area contributed by atoms with Gasteiger partial charge in [0.2, 0.25) is 5.91 Å². The molecule has 0 aromatic carbocycles. The van der Waals surface area contributed by atoms with E-state index in [1.165, 1.54) is 19.3 Å². The van der Waals surface area contributed by atoms with Crippen LogP contribution in [0.1, 0.15) is 33.1 Å². The number of aromatic nitrogens is 2. The van der Waals surface area contributed by atoms with Crippen LogP contribution in [0.3, 0.4) is 0 Å². The largest absolute Gasteiger partial charge is 0.395 e. The molecule has 118 valence electrons. The van der Waals surface area contributed by atoms with Gasteiger partial charge in [0.1, 0.15) is 6.54 Å². The molecule has 0 radical (unpaired) electrons. The van der Waals surface area contributed by atoms with Crippen LogP contribution in [0.25, 0.3) is 0 Å². The zero-order valence-corrected chi connectivity index (χ0v) is 12.9. The number of carbonyl (C=O) groups is 1. The number of rotatable bonds is 6. The van der Waals surface area contributed by atoms with Crippen molar-refractivity contribution >= 4 is 11.6 Å². The summed E-state index contributed by atoms with van der Waals surface area (Å²) in [6.45, 7) is 5.05. The molecule has 6 heteroatoms. The molecule has 0 bridgehead atoms.